The predicted molar refractivity (Wildman–Crippen MR) is 159 cm³/mol. The zero-order valence-electron chi connectivity index (χ0n) is 22.7. The van der Waals surface area contributed by atoms with E-state index in [0.717, 1.165) is 68.6 Å². The summed E-state index contributed by atoms with van der Waals surface area (Å²) in [5.41, 5.74) is 2.86. The number of nitrogens with zero attached hydrogens (tertiary/aromatic N) is 3. The first-order chi connectivity index (χ1) is 18.6. The van der Waals surface area contributed by atoms with E-state index in [4.69, 9.17) is 9.73 Å². The summed E-state index contributed by atoms with van der Waals surface area (Å²) in [6.07, 6.45) is 11.5. The molecule has 0 fully saturated rings. The molecule has 0 spiro atoms. The lowest BCUT2D eigenvalue weighted by Gasteiger charge is -2.23. The van der Waals surface area contributed by atoms with Gasteiger partial charge >= 0.3 is 6.03 Å². The number of amides is 1. The standard InChI is InChI=1S/C30H40N4O3S/c1-3-18-33(19-4-2)30(36)34-27-22-24(12-10-23(27)11-13-29(34)35)37-20-6-5-15-31-16-17-32-26-8-7-9-28-25(26)14-21-38-28/h7-8,10-14,22,28,31H,3-6,9,15-21H2,1-2H3. The SMILES string of the molecule is CCCN(CCC)C(=O)n1c(=O)ccc2ccc(OCCCCNCCN=C3C=CCC4SCC=C34)cc21. The zero-order valence-corrected chi connectivity index (χ0v) is 23.5. The summed E-state index contributed by atoms with van der Waals surface area (Å²) < 4.78 is 7.27. The van der Waals surface area contributed by atoms with Gasteiger partial charge in [0.2, 0.25) is 0 Å². The number of carbonyl (C=O) groups is 1. The zero-order chi connectivity index (χ0) is 26.7. The van der Waals surface area contributed by atoms with Gasteiger partial charge in [-0.05, 0) is 73.9 Å². The normalized spacial score (nSPS) is 17.6. The van der Waals surface area contributed by atoms with E-state index < -0.39 is 0 Å². The fourth-order valence-corrected chi connectivity index (χ4v) is 6.04. The van der Waals surface area contributed by atoms with E-state index in [1.54, 1.807) is 11.0 Å². The number of rotatable bonds is 13. The van der Waals surface area contributed by atoms with Gasteiger partial charge in [-0.2, -0.15) is 0 Å². The molecule has 7 nitrogen and oxygen atoms in total. The summed E-state index contributed by atoms with van der Waals surface area (Å²) in [7, 11) is 0. The minimum Gasteiger partial charge on any atom is -0.494 e. The van der Waals surface area contributed by atoms with Crippen LogP contribution in [0, 0.1) is 0 Å². The van der Waals surface area contributed by atoms with Crippen molar-refractivity contribution in [2.45, 2.75) is 51.2 Å². The second-order valence-corrected chi connectivity index (χ2v) is 10.9. The Morgan fingerprint density at radius 2 is 1.97 bits per heavy atom. The molecule has 8 heteroatoms. The number of pyridine rings is 1. The molecule has 0 bridgehead atoms. The van der Waals surface area contributed by atoms with Crippen molar-refractivity contribution in [1.29, 1.82) is 0 Å². The molecule has 204 valence electrons. The number of nitrogens with one attached hydrogen (secondary N) is 1. The lowest BCUT2D eigenvalue weighted by atomic mass is 9.98. The van der Waals surface area contributed by atoms with Gasteiger partial charge in [-0.3, -0.25) is 9.79 Å². The molecule has 0 radical (unpaired) electrons. The molecule has 1 aromatic heterocycles. The van der Waals surface area contributed by atoms with Crippen LogP contribution in [0.1, 0.15) is 46.0 Å². The number of hydrogen-bond acceptors (Lipinski definition) is 6. The minimum atomic E-state index is -0.314. The number of aromatic nitrogens is 1. The van der Waals surface area contributed by atoms with Gasteiger partial charge in [0, 0.05) is 42.8 Å². The van der Waals surface area contributed by atoms with E-state index in [1.165, 1.54) is 16.2 Å². The molecule has 38 heavy (non-hydrogen) atoms. The van der Waals surface area contributed by atoms with Gasteiger partial charge in [-0.1, -0.05) is 26.0 Å². The van der Waals surface area contributed by atoms with Crippen LogP contribution in [0.25, 0.3) is 10.9 Å². The van der Waals surface area contributed by atoms with E-state index >= 15 is 0 Å². The van der Waals surface area contributed by atoms with Crippen LogP contribution in [0.3, 0.4) is 0 Å². The summed E-state index contributed by atoms with van der Waals surface area (Å²) >= 11 is 2.01. The van der Waals surface area contributed by atoms with Crippen LogP contribution < -0.4 is 15.6 Å². The molecular weight excluding hydrogens is 496 g/mol. The molecule has 1 atom stereocenters. The summed E-state index contributed by atoms with van der Waals surface area (Å²) in [5.74, 6) is 1.78. The first-order valence-corrected chi connectivity index (χ1v) is 15.0. The van der Waals surface area contributed by atoms with E-state index in [-0.39, 0.29) is 11.6 Å². The highest BCUT2D eigenvalue weighted by molar-refractivity contribution is 8.00. The van der Waals surface area contributed by atoms with Crippen molar-refractivity contribution < 1.29 is 9.53 Å². The van der Waals surface area contributed by atoms with Crippen molar-refractivity contribution in [2.75, 3.05) is 45.1 Å². The van der Waals surface area contributed by atoms with E-state index in [0.29, 0.717) is 36.2 Å². The first-order valence-electron chi connectivity index (χ1n) is 13.9. The Morgan fingerprint density at radius 3 is 2.79 bits per heavy atom. The molecule has 1 aliphatic carbocycles. The van der Waals surface area contributed by atoms with Gasteiger partial charge in [-0.15, -0.1) is 11.8 Å². The summed E-state index contributed by atoms with van der Waals surface area (Å²) in [4.78, 5) is 32.5. The largest absolute Gasteiger partial charge is 0.494 e. The Hall–Kier alpha value is -2.84. The highest BCUT2D eigenvalue weighted by Gasteiger charge is 2.24. The van der Waals surface area contributed by atoms with Crippen molar-refractivity contribution in [2.24, 2.45) is 4.99 Å². The summed E-state index contributed by atoms with van der Waals surface area (Å²) in [6, 6.07) is 8.57. The quantitative estimate of drug-likeness (QED) is 0.353. The predicted octanol–water partition coefficient (Wildman–Crippen LogP) is 5.28. The van der Waals surface area contributed by atoms with Crippen molar-refractivity contribution in [3.63, 3.8) is 0 Å². The average Bonchev–Trinajstić information content (AvgIpc) is 3.41. The van der Waals surface area contributed by atoms with Crippen molar-refractivity contribution in [1.82, 2.24) is 14.8 Å². The highest BCUT2D eigenvalue weighted by atomic mass is 32.2. The maximum absolute atomic E-state index is 13.2. The Balaban J connectivity index is 1.24. The number of aliphatic imine (C=N–C) groups is 1. The Morgan fingerprint density at radius 1 is 1.16 bits per heavy atom. The van der Waals surface area contributed by atoms with Crippen LogP contribution in [0.15, 0.2) is 63.9 Å². The smallest absolute Gasteiger partial charge is 0.331 e. The maximum Gasteiger partial charge on any atom is 0.331 e. The topological polar surface area (TPSA) is 75.9 Å². The molecule has 1 N–H and O–H groups in total. The van der Waals surface area contributed by atoms with Crippen molar-refractivity contribution in [3.8, 4) is 5.75 Å². The third kappa shape index (κ3) is 7.17. The van der Waals surface area contributed by atoms with E-state index in [1.807, 2.05) is 43.8 Å². The number of hydrogen-bond donors (Lipinski definition) is 1. The van der Waals surface area contributed by atoms with Crippen LogP contribution in [0.2, 0.25) is 0 Å². The number of unbranched alkanes of at least 4 members (excludes halogenated alkanes) is 1. The Bertz CT molecular complexity index is 1240. The van der Waals surface area contributed by atoms with Gasteiger partial charge in [0.15, 0.2) is 0 Å². The molecular formula is C30H40N4O3S. The third-order valence-corrected chi connectivity index (χ3v) is 7.98. The molecule has 0 saturated heterocycles. The fraction of sp³-hybridized carbons (Fsp3) is 0.500. The first kappa shape index (κ1) is 28.2. The molecule has 1 aliphatic heterocycles. The molecule has 1 aromatic carbocycles. The van der Waals surface area contributed by atoms with Crippen molar-refractivity contribution in [3.05, 3.63) is 64.5 Å². The number of carbonyl (C=O) groups excluding carboxylic acids is 1. The van der Waals surface area contributed by atoms with Crippen LogP contribution in [-0.4, -0.2) is 71.5 Å². The van der Waals surface area contributed by atoms with Gasteiger partial charge in [0.05, 0.1) is 24.4 Å². The monoisotopic (exact) mass is 536 g/mol. The summed E-state index contributed by atoms with van der Waals surface area (Å²) in [5, 5.41) is 4.92. The molecule has 2 heterocycles. The van der Waals surface area contributed by atoms with E-state index in [2.05, 4.69) is 23.5 Å². The second-order valence-electron chi connectivity index (χ2n) is 9.69. The van der Waals surface area contributed by atoms with Gasteiger partial charge < -0.3 is 15.0 Å². The Kier molecular flexibility index (Phi) is 10.6. The number of thioether (sulfide) groups is 1. The molecule has 1 unspecified atom stereocenters. The highest BCUT2D eigenvalue weighted by Crippen LogP contribution is 2.33. The van der Waals surface area contributed by atoms with Crippen LogP contribution in [0.5, 0.6) is 5.75 Å². The average molecular weight is 537 g/mol. The van der Waals surface area contributed by atoms with Gasteiger partial charge in [0.25, 0.3) is 5.56 Å². The van der Waals surface area contributed by atoms with Crippen LogP contribution in [0.4, 0.5) is 4.79 Å². The maximum atomic E-state index is 13.2. The minimum absolute atomic E-state index is 0.268. The summed E-state index contributed by atoms with van der Waals surface area (Å²) in [6.45, 7) is 8.48. The number of fused-ring (bicyclic) bond motifs is 2. The number of ether oxygens (including phenoxy) is 1. The molecule has 4 rings (SSSR count). The Labute approximate surface area is 230 Å². The van der Waals surface area contributed by atoms with Crippen molar-refractivity contribution >= 4 is 34.4 Å². The van der Waals surface area contributed by atoms with Gasteiger partial charge in [0.1, 0.15) is 5.75 Å². The van der Waals surface area contributed by atoms with Crippen LogP contribution >= 0.6 is 11.8 Å². The van der Waals surface area contributed by atoms with E-state index in [9.17, 15) is 9.59 Å². The van der Waals surface area contributed by atoms with Gasteiger partial charge in [-0.25, -0.2) is 9.36 Å². The molecule has 0 saturated carbocycles. The fourth-order valence-electron chi connectivity index (χ4n) is 4.89. The third-order valence-electron chi connectivity index (χ3n) is 6.77. The molecule has 1 amide bonds. The second kappa shape index (κ2) is 14.4. The lowest BCUT2D eigenvalue weighted by Crippen LogP contribution is -2.40. The van der Waals surface area contributed by atoms with Crippen LogP contribution in [-0.2, 0) is 0 Å². The number of allylic oxidation sites excluding steroid dienone is 2. The molecule has 2 aliphatic rings. The lowest BCUT2D eigenvalue weighted by molar-refractivity contribution is 0.199. The molecule has 2 aromatic rings. The number of benzene rings is 1.